The normalized spacial score (nSPS) is 11.4. The molecule has 31 heavy (non-hydrogen) atoms. The van der Waals surface area contributed by atoms with Gasteiger partial charge in [-0.15, -0.1) is 0 Å². The van der Waals surface area contributed by atoms with E-state index in [9.17, 15) is 14.4 Å². The number of ether oxygens (including phenoxy) is 2. The Bertz CT molecular complexity index is 1210. The second-order valence-corrected chi connectivity index (χ2v) is 8.66. The zero-order valence-corrected chi connectivity index (χ0v) is 18.7. The number of carbonyl (C=O) groups is 2. The smallest absolute Gasteiger partial charge is 0.344 e. The first-order chi connectivity index (χ1) is 14.5. The summed E-state index contributed by atoms with van der Waals surface area (Å²) in [7, 11) is 0. The maximum atomic E-state index is 12.8. The second kappa shape index (κ2) is 9.12. The van der Waals surface area contributed by atoms with Crippen LogP contribution in [-0.2, 0) is 16.0 Å². The van der Waals surface area contributed by atoms with Gasteiger partial charge >= 0.3 is 5.97 Å². The fourth-order valence-corrected chi connectivity index (χ4v) is 3.23. The molecule has 8 heteroatoms. The van der Waals surface area contributed by atoms with Crippen LogP contribution in [-0.4, -0.2) is 24.0 Å². The molecule has 0 unspecified atom stereocenters. The monoisotopic (exact) mass is 462 g/mol. The van der Waals surface area contributed by atoms with Crippen LogP contribution in [0, 0.1) is 0 Å². The summed E-state index contributed by atoms with van der Waals surface area (Å²) < 4.78 is 16.4. The summed E-state index contributed by atoms with van der Waals surface area (Å²) in [4.78, 5) is 37.1. The van der Waals surface area contributed by atoms with Gasteiger partial charge in [0.05, 0.1) is 10.4 Å². The summed E-state index contributed by atoms with van der Waals surface area (Å²) in [6.07, 6.45) is -0.139. The summed E-state index contributed by atoms with van der Waals surface area (Å²) in [5, 5.41) is 0.897. The molecular formula is C23H20Cl2O6. The molecule has 0 amide bonds. The first-order valence-corrected chi connectivity index (χ1v) is 10.2. The number of halogens is 2. The summed E-state index contributed by atoms with van der Waals surface area (Å²) in [5.74, 6) is -0.880. The SMILES string of the molecule is CC(C)(C)OC(=O)COc1cc(Cl)ccc1CC(=O)c1cc(=O)c2cccc(Cl)c2o1. The molecule has 0 spiro atoms. The Kier molecular flexibility index (Phi) is 6.72. The Labute approximate surface area is 188 Å². The Morgan fingerprint density at radius 3 is 2.52 bits per heavy atom. The third-order valence-electron chi connectivity index (χ3n) is 4.13. The minimum Gasteiger partial charge on any atom is -0.482 e. The minimum absolute atomic E-state index is 0.126. The first kappa shape index (κ1) is 22.8. The Morgan fingerprint density at radius 2 is 1.81 bits per heavy atom. The van der Waals surface area contributed by atoms with Gasteiger partial charge in [-0.25, -0.2) is 4.79 Å². The molecule has 0 saturated carbocycles. The standard InChI is InChI=1S/C23H20Cl2O6/c1-23(2,3)31-21(28)12-29-19-10-14(24)8-7-13(19)9-18(27)20-11-17(26)15-5-4-6-16(25)22(15)30-20/h4-8,10-11H,9,12H2,1-3H3. The van der Waals surface area contributed by atoms with Crippen LogP contribution in [0.1, 0.15) is 36.9 Å². The van der Waals surface area contributed by atoms with Crippen LogP contribution in [0.3, 0.4) is 0 Å². The second-order valence-electron chi connectivity index (χ2n) is 7.82. The van der Waals surface area contributed by atoms with E-state index in [-0.39, 0.29) is 46.0 Å². The molecule has 0 N–H and O–H groups in total. The zero-order chi connectivity index (χ0) is 22.8. The van der Waals surface area contributed by atoms with Crippen molar-refractivity contribution in [3.05, 3.63) is 74.1 Å². The number of Topliss-reactive ketones (excluding diaryl/α,β-unsaturated/α-hetero) is 1. The fourth-order valence-electron chi connectivity index (χ4n) is 2.86. The van der Waals surface area contributed by atoms with E-state index in [1.165, 1.54) is 6.07 Å². The quantitative estimate of drug-likeness (QED) is 0.367. The van der Waals surface area contributed by atoms with E-state index in [0.717, 1.165) is 6.07 Å². The average molecular weight is 463 g/mol. The first-order valence-electron chi connectivity index (χ1n) is 9.42. The number of carbonyl (C=O) groups excluding carboxylic acids is 2. The van der Waals surface area contributed by atoms with Gasteiger partial charge in [-0.05, 0) is 45.0 Å². The van der Waals surface area contributed by atoms with Gasteiger partial charge in [0.15, 0.2) is 23.4 Å². The van der Waals surface area contributed by atoms with Crippen molar-refractivity contribution in [2.24, 2.45) is 0 Å². The van der Waals surface area contributed by atoms with Gasteiger partial charge in [0, 0.05) is 23.1 Å². The molecule has 2 aromatic carbocycles. The molecular weight excluding hydrogens is 443 g/mol. The number of benzene rings is 2. The lowest BCUT2D eigenvalue weighted by Gasteiger charge is -2.20. The Morgan fingerprint density at radius 1 is 1.06 bits per heavy atom. The number of esters is 1. The van der Waals surface area contributed by atoms with Crippen molar-refractivity contribution >= 4 is 45.9 Å². The summed E-state index contributed by atoms with van der Waals surface area (Å²) in [6.45, 7) is 4.90. The van der Waals surface area contributed by atoms with Crippen molar-refractivity contribution in [1.29, 1.82) is 0 Å². The molecule has 0 aliphatic rings. The maximum Gasteiger partial charge on any atom is 0.344 e. The molecule has 0 saturated heterocycles. The number of para-hydroxylation sites is 1. The minimum atomic E-state index is -0.650. The average Bonchev–Trinajstić information content (AvgIpc) is 2.67. The van der Waals surface area contributed by atoms with E-state index < -0.39 is 17.4 Å². The van der Waals surface area contributed by atoms with Crippen molar-refractivity contribution in [1.82, 2.24) is 0 Å². The largest absolute Gasteiger partial charge is 0.482 e. The van der Waals surface area contributed by atoms with E-state index in [1.807, 2.05) is 0 Å². The zero-order valence-electron chi connectivity index (χ0n) is 17.2. The molecule has 1 aromatic heterocycles. The molecule has 3 rings (SSSR count). The number of hydrogen-bond acceptors (Lipinski definition) is 6. The van der Waals surface area contributed by atoms with Crippen LogP contribution in [0.5, 0.6) is 5.75 Å². The van der Waals surface area contributed by atoms with Crippen molar-refractivity contribution in [3.8, 4) is 5.75 Å². The lowest BCUT2D eigenvalue weighted by molar-refractivity contribution is -0.157. The van der Waals surface area contributed by atoms with Crippen molar-refractivity contribution in [2.45, 2.75) is 32.8 Å². The van der Waals surface area contributed by atoms with E-state index in [2.05, 4.69) is 0 Å². The predicted octanol–water partition coefficient (Wildman–Crippen LogP) is 5.25. The van der Waals surface area contributed by atoms with Gasteiger partial charge in [0.2, 0.25) is 5.78 Å². The van der Waals surface area contributed by atoms with Crippen LogP contribution >= 0.6 is 23.2 Å². The molecule has 0 fully saturated rings. The highest BCUT2D eigenvalue weighted by molar-refractivity contribution is 6.34. The van der Waals surface area contributed by atoms with Gasteiger partial charge in [0.25, 0.3) is 0 Å². The van der Waals surface area contributed by atoms with Gasteiger partial charge in [-0.2, -0.15) is 0 Å². The van der Waals surface area contributed by atoms with Crippen molar-refractivity contribution in [3.63, 3.8) is 0 Å². The Hall–Kier alpha value is -2.83. The number of fused-ring (bicyclic) bond motifs is 1. The molecule has 162 valence electrons. The van der Waals surface area contributed by atoms with Crippen LogP contribution in [0.4, 0.5) is 0 Å². The number of rotatable bonds is 6. The molecule has 6 nitrogen and oxygen atoms in total. The predicted molar refractivity (Wildman–Crippen MR) is 118 cm³/mol. The third kappa shape index (κ3) is 5.87. The Balaban J connectivity index is 1.83. The summed E-state index contributed by atoms with van der Waals surface area (Å²) >= 11 is 12.1. The van der Waals surface area contributed by atoms with Crippen molar-refractivity contribution in [2.75, 3.05) is 6.61 Å². The van der Waals surface area contributed by atoms with E-state index in [1.54, 1.807) is 51.1 Å². The van der Waals surface area contributed by atoms with E-state index in [0.29, 0.717) is 10.6 Å². The molecule has 0 aliphatic carbocycles. The van der Waals surface area contributed by atoms with Crippen LogP contribution in [0.2, 0.25) is 10.0 Å². The highest BCUT2D eigenvalue weighted by atomic mass is 35.5. The molecule has 0 radical (unpaired) electrons. The highest BCUT2D eigenvalue weighted by Gasteiger charge is 2.19. The van der Waals surface area contributed by atoms with Crippen LogP contribution < -0.4 is 10.2 Å². The molecule has 3 aromatic rings. The molecule has 1 heterocycles. The third-order valence-corrected chi connectivity index (χ3v) is 4.66. The summed E-state index contributed by atoms with van der Waals surface area (Å²) in [6, 6.07) is 10.6. The molecule has 0 aliphatic heterocycles. The van der Waals surface area contributed by atoms with Gasteiger partial charge < -0.3 is 13.9 Å². The maximum absolute atomic E-state index is 12.8. The van der Waals surface area contributed by atoms with Crippen LogP contribution in [0.15, 0.2) is 51.7 Å². The lowest BCUT2D eigenvalue weighted by Crippen LogP contribution is -2.27. The topological polar surface area (TPSA) is 82.8 Å². The van der Waals surface area contributed by atoms with Gasteiger partial charge in [0.1, 0.15) is 11.4 Å². The summed E-state index contributed by atoms with van der Waals surface area (Å²) in [5.41, 5.74) is -0.398. The van der Waals surface area contributed by atoms with Gasteiger partial charge in [-0.1, -0.05) is 35.3 Å². The molecule has 0 bridgehead atoms. The van der Waals surface area contributed by atoms with Gasteiger partial charge in [-0.3, -0.25) is 9.59 Å². The molecule has 0 atom stereocenters. The van der Waals surface area contributed by atoms with E-state index >= 15 is 0 Å². The fraction of sp³-hybridized carbons (Fsp3) is 0.261. The van der Waals surface area contributed by atoms with E-state index in [4.69, 9.17) is 37.1 Å². The number of ketones is 1. The van der Waals surface area contributed by atoms with Crippen molar-refractivity contribution < 1.29 is 23.5 Å². The lowest BCUT2D eigenvalue weighted by atomic mass is 10.1. The van der Waals surface area contributed by atoms with Crippen LogP contribution in [0.25, 0.3) is 11.0 Å². The number of hydrogen-bond donors (Lipinski definition) is 0. The highest BCUT2D eigenvalue weighted by Crippen LogP contribution is 2.26.